The summed E-state index contributed by atoms with van der Waals surface area (Å²) in [4.78, 5) is 13.4. The number of rotatable bonds is 5. The molecule has 0 radical (unpaired) electrons. The van der Waals surface area contributed by atoms with Gasteiger partial charge in [0.15, 0.2) is 0 Å². The summed E-state index contributed by atoms with van der Waals surface area (Å²) in [6, 6.07) is 9.84. The highest BCUT2D eigenvalue weighted by molar-refractivity contribution is 5.85. The van der Waals surface area contributed by atoms with Crippen LogP contribution in [0.15, 0.2) is 48.9 Å². The molecule has 6 heteroatoms. The molecule has 0 spiro atoms. The van der Waals surface area contributed by atoms with E-state index < -0.39 is 0 Å². The molecular formula is C21H22ClN3O2. The number of fused-ring (bicyclic) bond motifs is 1. The van der Waals surface area contributed by atoms with Gasteiger partial charge in [-0.2, -0.15) is 0 Å². The van der Waals surface area contributed by atoms with Crippen LogP contribution in [0.4, 0.5) is 0 Å². The summed E-state index contributed by atoms with van der Waals surface area (Å²) in [7, 11) is 1.66. The molecular weight excluding hydrogens is 362 g/mol. The highest BCUT2D eigenvalue weighted by Crippen LogP contribution is 2.34. The molecule has 0 aromatic carbocycles. The van der Waals surface area contributed by atoms with Gasteiger partial charge in [-0.1, -0.05) is 6.07 Å². The van der Waals surface area contributed by atoms with Crippen LogP contribution in [0, 0.1) is 0 Å². The van der Waals surface area contributed by atoms with E-state index in [0.717, 1.165) is 41.1 Å². The SMILES string of the molecule is COc1cncc(-c2cc(OCc3ccccn3)nc3c2CCCC3)c1.Cl. The molecule has 140 valence electrons. The van der Waals surface area contributed by atoms with Crippen molar-refractivity contribution >= 4 is 12.4 Å². The standard InChI is InChI=1S/C21H21N3O2.ClH/c1-25-17-10-15(12-22-13-17)19-11-21(24-20-8-3-2-7-18(19)20)26-14-16-6-4-5-9-23-16;/h4-6,9-13H,2-3,7-8,14H2,1H3;1H. The zero-order valence-corrected chi connectivity index (χ0v) is 16.0. The van der Waals surface area contributed by atoms with E-state index in [1.807, 2.05) is 36.5 Å². The number of aromatic nitrogens is 3. The first-order chi connectivity index (χ1) is 12.8. The Morgan fingerprint density at radius 3 is 2.78 bits per heavy atom. The zero-order chi connectivity index (χ0) is 17.8. The third-order valence-electron chi connectivity index (χ3n) is 4.63. The van der Waals surface area contributed by atoms with Crippen molar-refractivity contribution in [2.45, 2.75) is 32.3 Å². The number of ether oxygens (including phenoxy) is 2. The van der Waals surface area contributed by atoms with Gasteiger partial charge < -0.3 is 9.47 Å². The van der Waals surface area contributed by atoms with Crippen LogP contribution in [0.25, 0.3) is 11.1 Å². The molecule has 0 amide bonds. The first-order valence-electron chi connectivity index (χ1n) is 8.88. The topological polar surface area (TPSA) is 57.1 Å². The molecule has 0 bridgehead atoms. The van der Waals surface area contributed by atoms with Crippen LogP contribution < -0.4 is 9.47 Å². The average molecular weight is 384 g/mol. The largest absolute Gasteiger partial charge is 0.495 e. The first-order valence-corrected chi connectivity index (χ1v) is 8.88. The molecule has 3 heterocycles. The smallest absolute Gasteiger partial charge is 0.214 e. The summed E-state index contributed by atoms with van der Waals surface area (Å²) in [6.45, 7) is 0.405. The van der Waals surface area contributed by atoms with Gasteiger partial charge in [-0.3, -0.25) is 9.97 Å². The van der Waals surface area contributed by atoms with Crippen molar-refractivity contribution in [3.8, 4) is 22.8 Å². The minimum absolute atomic E-state index is 0. The molecule has 3 aromatic heterocycles. The molecule has 4 rings (SSSR count). The van der Waals surface area contributed by atoms with Crippen LogP contribution in [0.3, 0.4) is 0 Å². The van der Waals surface area contributed by atoms with Gasteiger partial charge in [-0.25, -0.2) is 4.98 Å². The number of pyridine rings is 3. The van der Waals surface area contributed by atoms with Gasteiger partial charge >= 0.3 is 0 Å². The lowest BCUT2D eigenvalue weighted by Crippen LogP contribution is -2.09. The van der Waals surface area contributed by atoms with Crippen LogP contribution in [0.2, 0.25) is 0 Å². The number of hydrogen-bond acceptors (Lipinski definition) is 5. The second kappa shape index (κ2) is 8.82. The number of methoxy groups -OCH3 is 1. The van der Waals surface area contributed by atoms with Gasteiger partial charge in [0, 0.05) is 29.7 Å². The molecule has 0 fully saturated rings. The molecule has 0 atom stereocenters. The third-order valence-corrected chi connectivity index (χ3v) is 4.63. The van der Waals surface area contributed by atoms with Gasteiger partial charge in [-0.05, 0) is 55.0 Å². The Labute approximate surface area is 165 Å². The maximum atomic E-state index is 5.95. The molecule has 0 N–H and O–H groups in total. The van der Waals surface area contributed by atoms with Crippen molar-refractivity contribution in [1.29, 1.82) is 0 Å². The van der Waals surface area contributed by atoms with Crippen molar-refractivity contribution in [1.82, 2.24) is 15.0 Å². The van der Waals surface area contributed by atoms with E-state index in [4.69, 9.17) is 14.5 Å². The quantitative estimate of drug-likeness (QED) is 0.652. The predicted octanol–water partition coefficient (Wildman–Crippen LogP) is 4.43. The fourth-order valence-electron chi connectivity index (χ4n) is 3.32. The van der Waals surface area contributed by atoms with Gasteiger partial charge in [0.25, 0.3) is 0 Å². The van der Waals surface area contributed by atoms with E-state index >= 15 is 0 Å². The molecule has 0 unspecified atom stereocenters. The second-order valence-corrected chi connectivity index (χ2v) is 6.36. The molecule has 0 saturated carbocycles. The van der Waals surface area contributed by atoms with E-state index in [0.29, 0.717) is 12.5 Å². The maximum Gasteiger partial charge on any atom is 0.214 e. The summed E-state index contributed by atoms with van der Waals surface area (Å²) in [5, 5.41) is 0. The van der Waals surface area contributed by atoms with E-state index in [-0.39, 0.29) is 12.4 Å². The molecule has 1 aliphatic rings. The van der Waals surface area contributed by atoms with Crippen LogP contribution >= 0.6 is 12.4 Å². The van der Waals surface area contributed by atoms with Crippen LogP contribution in [-0.2, 0) is 19.4 Å². The molecule has 5 nitrogen and oxygen atoms in total. The normalized spacial score (nSPS) is 12.6. The van der Waals surface area contributed by atoms with Crippen LogP contribution in [0.1, 0.15) is 29.8 Å². The molecule has 3 aromatic rings. The Kier molecular flexibility index (Phi) is 6.24. The summed E-state index contributed by atoms with van der Waals surface area (Å²) in [6.07, 6.45) is 9.74. The lowest BCUT2D eigenvalue weighted by Gasteiger charge is -2.20. The lowest BCUT2D eigenvalue weighted by molar-refractivity contribution is 0.288. The number of hydrogen-bond donors (Lipinski definition) is 0. The molecule has 1 aliphatic carbocycles. The van der Waals surface area contributed by atoms with E-state index in [1.54, 1.807) is 19.5 Å². The van der Waals surface area contributed by atoms with Gasteiger partial charge in [-0.15, -0.1) is 12.4 Å². The Hall–Kier alpha value is -2.66. The fourth-order valence-corrected chi connectivity index (χ4v) is 3.32. The van der Waals surface area contributed by atoms with Crippen LogP contribution in [0.5, 0.6) is 11.6 Å². The van der Waals surface area contributed by atoms with Crippen molar-refractivity contribution in [2.75, 3.05) is 7.11 Å². The van der Waals surface area contributed by atoms with Crippen molar-refractivity contribution in [3.05, 3.63) is 65.9 Å². The van der Waals surface area contributed by atoms with Gasteiger partial charge in [0.05, 0.1) is 19.0 Å². The Morgan fingerprint density at radius 2 is 1.96 bits per heavy atom. The van der Waals surface area contributed by atoms with E-state index in [9.17, 15) is 0 Å². The second-order valence-electron chi connectivity index (χ2n) is 6.36. The number of nitrogens with zero attached hydrogens (tertiary/aromatic N) is 3. The average Bonchev–Trinajstić information content (AvgIpc) is 2.72. The first kappa shape index (κ1) is 19.1. The fraction of sp³-hybridized carbons (Fsp3) is 0.286. The van der Waals surface area contributed by atoms with Crippen molar-refractivity contribution < 1.29 is 9.47 Å². The van der Waals surface area contributed by atoms with E-state index in [1.165, 1.54) is 18.4 Å². The Morgan fingerprint density at radius 1 is 1.07 bits per heavy atom. The minimum atomic E-state index is 0. The highest BCUT2D eigenvalue weighted by atomic mass is 35.5. The lowest BCUT2D eigenvalue weighted by atomic mass is 9.90. The molecule has 27 heavy (non-hydrogen) atoms. The van der Waals surface area contributed by atoms with E-state index in [2.05, 4.69) is 9.97 Å². The monoisotopic (exact) mass is 383 g/mol. The Bertz CT molecular complexity index is 903. The summed E-state index contributed by atoms with van der Waals surface area (Å²) in [5.41, 5.74) is 5.49. The molecule has 0 saturated heterocycles. The third kappa shape index (κ3) is 4.37. The summed E-state index contributed by atoms with van der Waals surface area (Å²) in [5.74, 6) is 1.38. The minimum Gasteiger partial charge on any atom is -0.495 e. The van der Waals surface area contributed by atoms with Crippen molar-refractivity contribution in [2.24, 2.45) is 0 Å². The Balaban J connectivity index is 0.00000210. The predicted molar refractivity (Wildman–Crippen MR) is 106 cm³/mol. The van der Waals surface area contributed by atoms with Gasteiger partial charge in [0.1, 0.15) is 12.4 Å². The highest BCUT2D eigenvalue weighted by Gasteiger charge is 2.18. The zero-order valence-electron chi connectivity index (χ0n) is 15.2. The number of aryl methyl sites for hydroxylation is 1. The van der Waals surface area contributed by atoms with Crippen molar-refractivity contribution in [3.63, 3.8) is 0 Å². The van der Waals surface area contributed by atoms with Crippen LogP contribution in [-0.4, -0.2) is 22.1 Å². The molecule has 0 aliphatic heterocycles. The number of halogens is 1. The maximum absolute atomic E-state index is 5.95. The summed E-state index contributed by atoms with van der Waals surface area (Å²) < 4.78 is 11.3. The van der Waals surface area contributed by atoms with Gasteiger partial charge in [0.2, 0.25) is 5.88 Å². The summed E-state index contributed by atoms with van der Waals surface area (Å²) >= 11 is 0.